The molecule has 0 aliphatic carbocycles. The summed E-state index contributed by atoms with van der Waals surface area (Å²) in [7, 11) is 0. The fourth-order valence-electron chi connectivity index (χ4n) is 9.08. The van der Waals surface area contributed by atoms with Crippen molar-refractivity contribution in [2.45, 2.75) is 12.8 Å². The Labute approximate surface area is 227 Å². The van der Waals surface area contributed by atoms with Crippen molar-refractivity contribution in [1.82, 2.24) is 19.6 Å². The molecule has 4 unspecified atom stereocenters. The predicted molar refractivity (Wildman–Crippen MR) is 153 cm³/mol. The van der Waals surface area contributed by atoms with Crippen LogP contribution in [0, 0.1) is 22.7 Å². The summed E-state index contributed by atoms with van der Waals surface area (Å²) < 4.78 is 0. The SMILES string of the molecule is c1ccc(CC23CN4CCN(CC(C4)/C2=N\N=C2/C4CN5CCN(C4)CC2(Cc2ccccc2)C5)C3)cc1. The summed E-state index contributed by atoms with van der Waals surface area (Å²) in [4.78, 5) is 10.9. The summed E-state index contributed by atoms with van der Waals surface area (Å²) in [5.74, 6) is 1.01. The lowest BCUT2D eigenvalue weighted by atomic mass is 9.67. The van der Waals surface area contributed by atoms with Gasteiger partial charge in [0.25, 0.3) is 0 Å². The van der Waals surface area contributed by atoms with E-state index >= 15 is 0 Å². The van der Waals surface area contributed by atoms with Gasteiger partial charge in [0.1, 0.15) is 0 Å². The Kier molecular flexibility index (Phi) is 5.62. The lowest BCUT2D eigenvalue weighted by Gasteiger charge is -2.51. The third-order valence-corrected chi connectivity index (χ3v) is 10.4. The van der Waals surface area contributed by atoms with E-state index in [1.807, 2.05) is 0 Å². The van der Waals surface area contributed by atoms with Crippen molar-refractivity contribution in [1.29, 1.82) is 0 Å². The van der Waals surface area contributed by atoms with Crippen molar-refractivity contribution >= 4 is 11.4 Å². The van der Waals surface area contributed by atoms with E-state index in [2.05, 4.69) is 80.3 Å². The zero-order chi connectivity index (χ0) is 25.2. The van der Waals surface area contributed by atoms with Crippen molar-refractivity contribution in [2.24, 2.45) is 32.9 Å². The van der Waals surface area contributed by atoms with Crippen molar-refractivity contribution < 1.29 is 0 Å². The van der Waals surface area contributed by atoms with Crippen molar-refractivity contribution in [3.05, 3.63) is 71.8 Å². The molecule has 0 N–H and O–H groups in total. The third-order valence-electron chi connectivity index (χ3n) is 10.4. The minimum atomic E-state index is 0.0749. The van der Waals surface area contributed by atoms with Crippen LogP contribution in [0.25, 0.3) is 0 Å². The second-order valence-corrected chi connectivity index (χ2v) is 13.2. The van der Waals surface area contributed by atoms with E-state index in [1.165, 1.54) is 48.7 Å². The van der Waals surface area contributed by atoms with Crippen molar-refractivity contribution in [3.63, 3.8) is 0 Å². The molecule has 0 saturated carbocycles. The first-order valence-corrected chi connectivity index (χ1v) is 14.8. The molecule has 2 aromatic rings. The van der Waals surface area contributed by atoms with E-state index in [0.717, 1.165) is 65.2 Å². The molecular formula is C32H40N6. The highest BCUT2D eigenvalue weighted by atomic mass is 15.3. The van der Waals surface area contributed by atoms with Crippen molar-refractivity contribution in [3.8, 4) is 0 Å². The largest absolute Gasteiger partial charge is 0.300 e. The molecule has 6 nitrogen and oxygen atoms in total. The number of hydrogen-bond donors (Lipinski definition) is 0. The molecule has 8 heterocycles. The maximum absolute atomic E-state index is 5.41. The molecule has 0 radical (unpaired) electrons. The lowest BCUT2D eigenvalue weighted by Crippen LogP contribution is -2.63. The fraction of sp³-hybridized carbons (Fsp3) is 0.562. The van der Waals surface area contributed by atoms with Gasteiger partial charge < -0.3 is 19.6 Å². The van der Waals surface area contributed by atoms with Crippen LogP contribution < -0.4 is 0 Å². The van der Waals surface area contributed by atoms with Crippen LogP contribution in [0.4, 0.5) is 0 Å². The molecule has 0 spiro atoms. The summed E-state index contributed by atoms with van der Waals surface area (Å²) >= 11 is 0. The Bertz CT molecular complexity index is 1110. The Balaban J connectivity index is 1.21. The first-order valence-electron chi connectivity index (χ1n) is 14.8. The van der Waals surface area contributed by atoms with Gasteiger partial charge in [-0.3, -0.25) is 0 Å². The van der Waals surface area contributed by atoms with Crippen LogP contribution in [0.1, 0.15) is 11.1 Å². The van der Waals surface area contributed by atoms with Gasteiger partial charge >= 0.3 is 0 Å². The second kappa shape index (κ2) is 9.09. The number of nitrogens with zero attached hydrogens (tertiary/aromatic N) is 6. The van der Waals surface area contributed by atoms with Gasteiger partial charge in [0.15, 0.2) is 0 Å². The molecule has 2 aromatic carbocycles. The molecule has 10 rings (SSSR count). The Morgan fingerprint density at radius 1 is 0.526 bits per heavy atom. The highest BCUT2D eigenvalue weighted by Gasteiger charge is 2.54. The molecule has 0 amide bonds. The lowest BCUT2D eigenvalue weighted by molar-refractivity contribution is 0.115. The molecule has 6 heteroatoms. The summed E-state index contributed by atoms with van der Waals surface area (Å²) in [6.07, 6.45) is 2.14. The number of piperidine rings is 4. The highest BCUT2D eigenvalue weighted by molar-refractivity contribution is 5.98. The summed E-state index contributed by atoms with van der Waals surface area (Å²) in [6.45, 7) is 13.9. The normalized spacial score (nSPS) is 43.1. The van der Waals surface area contributed by atoms with E-state index < -0.39 is 0 Å². The van der Waals surface area contributed by atoms with E-state index in [-0.39, 0.29) is 10.8 Å². The minimum Gasteiger partial charge on any atom is -0.300 e. The van der Waals surface area contributed by atoms with Gasteiger partial charge in [0.05, 0.1) is 11.4 Å². The van der Waals surface area contributed by atoms with Gasteiger partial charge in [-0.15, -0.1) is 0 Å². The summed E-state index contributed by atoms with van der Waals surface area (Å²) in [5.41, 5.74) is 5.83. The molecule has 8 aliphatic heterocycles. The van der Waals surface area contributed by atoms with Crippen LogP contribution in [0.5, 0.6) is 0 Å². The standard InChI is InChI=1S/C32H40N6/c1-3-7-25(8-4-1)15-31-21-35-11-12-36(22-31)18-27(17-35)29(31)33-34-30-28-19-37-13-14-38(20-28)24-32(30,23-37)16-26-9-5-2-6-10-26/h1-10,27-28H,11-24H2/b33-29+,34-30+. The predicted octanol–water partition coefficient (Wildman–Crippen LogP) is 2.76. The first kappa shape index (κ1) is 23.5. The van der Waals surface area contributed by atoms with Crippen LogP contribution >= 0.6 is 0 Å². The Hall–Kier alpha value is -2.38. The minimum absolute atomic E-state index is 0.0749. The first-order chi connectivity index (χ1) is 18.7. The summed E-state index contributed by atoms with van der Waals surface area (Å²) in [6, 6.07) is 22.3. The topological polar surface area (TPSA) is 37.7 Å². The van der Waals surface area contributed by atoms with E-state index in [9.17, 15) is 0 Å². The van der Waals surface area contributed by atoms with E-state index in [4.69, 9.17) is 10.2 Å². The molecule has 8 fully saturated rings. The van der Waals surface area contributed by atoms with Crippen molar-refractivity contribution in [2.75, 3.05) is 78.5 Å². The van der Waals surface area contributed by atoms with E-state index in [0.29, 0.717) is 11.8 Å². The number of benzene rings is 2. The average molecular weight is 509 g/mol. The second-order valence-electron chi connectivity index (χ2n) is 13.2. The quantitative estimate of drug-likeness (QED) is 0.583. The zero-order valence-corrected chi connectivity index (χ0v) is 22.5. The van der Waals surface area contributed by atoms with Gasteiger partial charge in [-0.05, 0) is 24.0 Å². The van der Waals surface area contributed by atoms with Crippen LogP contribution in [0.3, 0.4) is 0 Å². The highest BCUT2D eigenvalue weighted by Crippen LogP contribution is 2.43. The Morgan fingerprint density at radius 3 is 1.21 bits per heavy atom. The Morgan fingerprint density at radius 2 is 0.868 bits per heavy atom. The maximum atomic E-state index is 5.41. The molecule has 8 bridgehead atoms. The number of rotatable bonds is 5. The van der Waals surface area contributed by atoms with Crippen LogP contribution in [0.2, 0.25) is 0 Å². The average Bonchev–Trinajstić information content (AvgIpc) is 3.30. The van der Waals surface area contributed by atoms with E-state index in [1.54, 1.807) is 0 Å². The van der Waals surface area contributed by atoms with Crippen LogP contribution in [0.15, 0.2) is 70.9 Å². The van der Waals surface area contributed by atoms with Crippen LogP contribution in [-0.4, -0.2) is 110 Å². The van der Waals surface area contributed by atoms with Gasteiger partial charge in [-0.1, -0.05) is 60.7 Å². The molecule has 0 aromatic heterocycles. The third kappa shape index (κ3) is 4.00. The molecule has 198 valence electrons. The molecule has 8 saturated heterocycles. The number of hydrogen-bond acceptors (Lipinski definition) is 6. The van der Waals surface area contributed by atoms with Gasteiger partial charge in [-0.25, -0.2) is 0 Å². The smallest absolute Gasteiger partial charge is 0.0552 e. The van der Waals surface area contributed by atoms with Gasteiger partial charge in [0.2, 0.25) is 0 Å². The molecular weight excluding hydrogens is 468 g/mol. The summed E-state index contributed by atoms with van der Waals surface area (Å²) in [5, 5.41) is 10.8. The zero-order valence-electron chi connectivity index (χ0n) is 22.5. The molecule has 8 aliphatic rings. The van der Waals surface area contributed by atoms with Gasteiger partial charge in [-0.2, -0.15) is 10.2 Å². The maximum Gasteiger partial charge on any atom is 0.0552 e. The molecule has 4 atom stereocenters. The fourth-order valence-corrected chi connectivity index (χ4v) is 9.08. The number of fused-ring (bicyclic) bond motifs is 2. The molecule has 38 heavy (non-hydrogen) atoms. The van der Waals surface area contributed by atoms with Crippen LogP contribution in [-0.2, 0) is 12.8 Å². The monoisotopic (exact) mass is 508 g/mol. The van der Waals surface area contributed by atoms with Gasteiger partial charge in [0, 0.05) is 101 Å².